The van der Waals surface area contributed by atoms with Gasteiger partial charge in [-0.2, -0.15) is 0 Å². The number of hydrogen-bond donors (Lipinski definition) is 0. The van der Waals surface area contributed by atoms with Crippen LogP contribution in [0.15, 0.2) is 0 Å². The van der Waals surface area contributed by atoms with E-state index in [-0.39, 0.29) is 18.2 Å². The first-order valence-corrected chi connectivity index (χ1v) is 5.63. The van der Waals surface area contributed by atoms with Crippen LogP contribution in [-0.2, 0) is 4.79 Å². The smallest absolute Gasteiger partial charge is 0.252 e. The predicted molar refractivity (Wildman–Crippen MR) is 52.9 cm³/mol. The van der Waals surface area contributed by atoms with Gasteiger partial charge in [0.2, 0.25) is 0 Å². The third-order valence-electron chi connectivity index (χ3n) is 3.49. The third kappa shape index (κ3) is 2.36. The number of ketones is 1. The van der Waals surface area contributed by atoms with Crippen LogP contribution in [0.25, 0.3) is 0 Å². The van der Waals surface area contributed by atoms with Crippen molar-refractivity contribution in [1.82, 2.24) is 4.90 Å². The van der Waals surface area contributed by atoms with E-state index >= 15 is 0 Å². The first kappa shape index (κ1) is 11.0. The van der Waals surface area contributed by atoms with Crippen molar-refractivity contribution in [2.45, 2.75) is 44.6 Å². The summed E-state index contributed by atoms with van der Waals surface area (Å²) in [6.45, 7) is 2.77. The molecule has 1 heterocycles. The monoisotopic (exact) mass is 217 g/mol. The standard InChI is InChI=1S/C11H17F2NO/c1-8(15)10-4-2-3-5-14(10)7-9-6-11(9,12)13/h9-10H,2-7H2,1H3. The van der Waals surface area contributed by atoms with Crippen molar-refractivity contribution in [2.75, 3.05) is 13.1 Å². The van der Waals surface area contributed by atoms with Crippen molar-refractivity contribution in [3.8, 4) is 0 Å². The van der Waals surface area contributed by atoms with E-state index in [9.17, 15) is 13.6 Å². The lowest BCUT2D eigenvalue weighted by Gasteiger charge is -2.34. The molecule has 0 aromatic heterocycles. The molecule has 1 saturated carbocycles. The molecule has 2 fully saturated rings. The number of alkyl halides is 2. The second kappa shape index (κ2) is 3.81. The van der Waals surface area contributed by atoms with Gasteiger partial charge in [-0.15, -0.1) is 0 Å². The molecule has 2 nitrogen and oxygen atoms in total. The first-order chi connectivity index (χ1) is 7.00. The molecule has 0 aromatic carbocycles. The fourth-order valence-corrected chi connectivity index (χ4v) is 2.42. The van der Waals surface area contributed by atoms with E-state index in [4.69, 9.17) is 0 Å². The van der Waals surface area contributed by atoms with Gasteiger partial charge in [-0.05, 0) is 26.3 Å². The zero-order valence-electron chi connectivity index (χ0n) is 9.01. The summed E-state index contributed by atoms with van der Waals surface area (Å²) in [6, 6.07) is -0.102. The molecule has 1 saturated heterocycles. The highest BCUT2D eigenvalue weighted by atomic mass is 19.3. The molecule has 2 aliphatic rings. The summed E-state index contributed by atoms with van der Waals surface area (Å²) in [5.74, 6) is -2.84. The minimum absolute atomic E-state index is 0.00806. The Morgan fingerprint density at radius 2 is 2.13 bits per heavy atom. The molecular formula is C11H17F2NO. The average Bonchev–Trinajstić information content (AvgIpc) is 2.74. The molecule has 2 unspecified atom stereocenters. The van der Waals surface area contributed by atoms with E-state index in [1.807, 2.05) is 4.90 Å². The number of halogens is 2. The van der Waals surface area contributed by atoms with Crippen molar-refractivity contribution >= 4 is 5.78 Å². The van der Waals surface area contributed by atoms with Crippen LogP contribution in [0.1, 0.15) is 32.6 Å². The van der Waals surface area contributed by atoms with Crippen LogP contribution in [0.4, 0.5) is 8.78 Å². The van der Waals surface area contributed by atoms with Gasteiger partial charge in [0, 0.05) is 18.9 Å². The molecule has 0 bridgehead atoms. The Labute approximate surface area is 88.6 Å². The van der Waals surface area contributed by atoms with Crippen molar-refractivity contribution in [1.29, 1.82) is 0 Å². The van der Waals surface area contributed by atoms with Crippen LogP contribution in [0.3, 0.4) is 0 Å². The van der Waals surface area contributed by atoms with Crippen LogP contribution in [0.5, 0.6) is 0 Å². The average molecular weight is 217 g/mol. The molecule has 0 radical (unpaired) electrons. The maximum atomic E-state index is 12.8. The number of hydrogen-bond acceptors (Lipinski definition) is 2. The number of likely N-dealkylation sites (tertiary alicyclic amines) is 1. The molecule has 0 aromatic rings. The van der Waals surface area contributed by atoms with Gasteiger partial charge in [-0.3, -0.25) is 9.69 Å². The van der Waals surface area contributed by atoms with Gasteiger partial charge in [0.1, 0.15) is 5.78 Å². The Balaban J connectivity index is 1.91. The van der Waals surface area contributed by atoms with Gasteiger partial charge in [-0.1, -0.05) is 6.42 Å². The van der Waals surface area contributed by atoms with E-state index in [0.29, 0.717) is 6.54 Å². The summed E-state index contributed by atoms with van der Waals surface area (Å²) in [4.78, 5) is 13.3. The summed E-state index contributed by atoms with van der Waals surface area (Å²) in [5.41, 5.74) is 0. The van der Waals surface area contributed by atoms with Gasteiger partial charge < -0.3 is 0 Å². The number of rotatable bonds is 3. The predicted octanol–water partition coefficient (Wildman–Crippen LogP) is 2.09. The van der Waals surface area contributed by atoms with Crippen LogP contribution >= 0.6 is 0 Å². The summed E-state index contributed by atoms with van der Waals surface area (Å²) in [5, 5.41) is 0. The van der Waals surface area contributed by atoms with Crippen molar-refractivity contribution in [3.05, 3.63) is 0 Å². The molecule has 2 atom stereocenters. The fourth-order valence-electron chi connectivity index (χ4n) is 2.42. The molecule has 4 heteroatoms. The van der Waals surface area contributed by atoms with E-state index in [0.717, 1.165) is 25.8 Å². The SMILES string of the molecule is CC(=O)C1CCCCN1CC1CC1(F)F. The maximum absolute atomic E-state index is 12.8. The molecule has 86 valence electrons. The number of carbonyl (C=O) groups excluding carboxylic acids is 1. The highest BCUT2D eigenvalue weighted by Crippen LogP contribution is 2.49. The summed E-state index contributed by atoms with van der Waals surface area (Å²) in [6.07, 6.45) is 2.92. The topological polar surface area (TPSA) is 20.3 Å². The van der Waals surface area contributed by atoms with Crippen molar-refractivity contribution < 1.29 is 13.6 Å². The van der Waals surface area contributed by atoms with Crippen LogP contribution in [-0.4, -0.2) is 35.7 Å². The number of piperidine rings is 1. The highest BCUT2D eigenvalue weighted by molar-refractivity contribution is 5.81. The molecule has 2 rings (SSSR count). The maximum Gasteiger partial charge on any atom is 0.252 e. The number of nitrogens with zero attached hydrogens (tertiary/aromatic N) is 1. The largest absolute Gasteiger partial charge is 0.298 e. The highest BCUT2D eigenvalue weighted by Gasteiger charge is 2.57. The molecule has 1 aliphatic heterocycles. The van der Waals surface area contributed by atoms with Crippen LogP contribution < -0.4 is 0 Å². The van der Waals surface area contributed by atoms with Gasteiger partial charge >= 0.3 is 0 Å². The van der Waals surface area contributed by atoms with Crippen LogP contribution in [0, 0.1) is 5.92 Å². The van der Waals surface area contributed by atoms with E-state index in [1.165, 1.54) is 0 Å². The second-order valence-corrected chi connectivity index (χ2v) is 4.78. The van der Waals surface area contributed by atoms with Crippen molar-refractivity contribution in [3.63, 3.8) is 0 Å². The van der Waals surface area contributed by atoms with E-state index in [2.05, 4.69) is 0 Å². The zero-order chi connectivity index (χ0) is 11.1. The van der Waals surface area contributed by atoms with E-state index < -0.39 is 11.8 Å². The number of carbonyl (C=O) groups is 1. The van der Waals surface area contributed by atoms with Gasteiger partial charge in [-0.25, -0.2) is 8.78 Å². The zero-order valence-corrected chi connectivity index (χ0v) is 9.01. The summed E-state index contributed by atoms with van der Waals surface area (Å²) < 4.78 is 25.5. The van der Waals surface area contributed by atoms with Gasteiger partial charge in [0.25, 0.3) is 5.92 Å². The Bertz CT molecular complexity index is 267. The normalized spacial score (nSPS) is 35.1. The van der Waals surface area contributed by atoms with Crippen LogP contribution in [0.2, 0.25) is 0 Å². The molecule has 15 heavy (non-hydrogen) atoms. The summed E-state index contributed by atoms with van der Waals surface area (Å²) >= 11 is 0. The minimum atomic E-state index is -2.46. The Hall–Kier alpha value is -0.510. The summed E-state index contributed by atoms with van der Waals surface area (Å²) in [7, 11) is 0. The minimum Gasteiger partial charge on any atom is -0.298 e. The van der Waals surface area contributed by atoms with Gasteiger partial charge in [0.05, 0.1) is 6.04 Å². The molecule has 1 aliphatic carbocycles. The van der Waals surface area contributed by atoms with Gasteiger partial charge in [0.15, 0.2) is 0 Å². The molecule has 0 spiro atoms. The Kier molecular flexibility index (Phi) is 2.79. The third-order valence-corrected chi connectivity index (χ3v) is 3.49. The first-order valence-electron chi connectivity index (χ1n) is 5.63. The lowest BCUT2D eigenvalue weighted by atomic mass is 9.99. The quantitative estimate of drug-likeness (QED) is 0.721. The second-order valence-electron chi connectivity index (χ2n) is 4.78. The molecule has 0 N–H and O–H groups in total. The fraction of sp³-hybridized carbons (Fsp3) is 0.909. The lowest BCUT2D eigenvalue weighted by molar-refractivity contribution is -0.123. The molecule has 0 amide bonds. The lowest BCUT2D eigenvalue weighted by Crippen LogP contribution is -2.45. The number of Topliss-reactive ketones (excluding diaryl/α,β-unsaturated/α-hetero) is 1. The Morgan fingerprint density at radius 1 is 1.47 bits per heavy atom. The molecular weight excluding hydrogens is 200 g/mol. The van der Waals surface area contributed by atoms with E-state index in [1.54, 1.807) is 6.92 Å². The Morgan fingerprint density at radius 3 is 2.67 bits per heavy atom. The van der Waals surface area contributed by atoms with Crippen molar-refractivity contribution in [2.24, 2.45) is 5.92 Å².